The Hall–Kier alpha value is -1.82. The number of fused-ring (bicyclic) bond motifs is 1. The summed E-state index contributed by atoms with van der Waals surface area (Å²) in [6, 6.07) is 7.48. The molecule has 0 saturated heterocycles. The molecule has 5 nitrogen and oxygen atoms in total. The zero-order valence-corrected chi connectivity index (χ0v) is 13.3. The van der Waals surface area contributed by atoms with Gasteiger partial charge in [0.25, 0.3) is 5.91 Å². The fourth-order valence-corrected chi connectivity index (χ4v) is 2.70. The van der Waals surface area contributed by atoms with Crippen LogP contribution in [-0.4, -0.2) is 33.7 Å². The summed E-state index contributed by atoms with van der Waals surface area (Å²) in [5, 5.41) is 6.99. The van der Waals surface area contributed by atoms with Gasteiger partial charge in [0.05, 0.1) is 6.20 Å². The average molecular weight is 350 g/mol. The van der Waals surface area contributed by atoms with Crippen molar-refractivity contribution in [2.75, 3.05) is 6.54 Å². The smallest absolute Gasteiger partial charge is 0.263 e. The molecule has 0 aliphatic carbocycles. The molecule has 1 aliphatic rings. The summed E-state index contributed by atoms with van der Waals surface area (Å²) in [4.78, 5) is 14.3. The maximum absolute atomic E-state index is 12.5. The Kier molecular flexibility index (Phi) is 3.96. The van der Waals surface area contributed by atoms with Crippen molar-refractivity contribution < 1.29 is 9.53 Å². The van der Waals surface area contributed by atoms with Crippen molar-refractivity contribution in [1.29, 1.82) is 0 Å². The Bertz CT molecular complexity index is 639. The number of halogens is 1. The molecule has 6 heteroatoms. The molecule has 0 fully saturated rings. The molecule has 1 atom stereocenters. The van der Waals surface area contributed by atoms with E-state index in [9.17, 15) is 4.79 Å². The van der Waals surface area contributed by atoms with Crippen molar-refractivity contribution >= 4 is 21.8 Å². The number of nitrogens with zero attached hydrogens (tertiary/aromatic N) is 2. The van der Waals surface area contributed by atoms with Crippen LogP contribution >= 0.6 is 15.9 Å². The molecule has 2 aromatic rings. The number of ether oxygens (including phenoxy) is 1. The molecule has 1 amide bonds. The predicted octanol–water partition coefficient (Wildman–Crippen LogP) is 2.52. The van der Waals surface area contributed by atoms with Gasteiger partial charge in [0, 0.05) is 35.2 Å². The van der Waals surface area contributed by atoms with Gasteiger partial charge in [-0.1, -0.05) is 15.9 Å². The van der Waals surface area contributed by atoms with Crippen molar-refractivity contribution in [3.8, 4) is 5.75 Å². The monoisotopic (exact) mass is 349 g/mol. The minimum Gasteiger partial charge on any atom is -0.481 e. The van der Waals surface area contributed by atoms with Gasteiger partial charge in [-0.05, 0) is 31.2 Å². The van der Waals surface area contributed by atoms with Crippen LogP contribution < -0.4 is 4.74 Å². The second-order valence-electron chi connectivity index (χ2n) is 5.10. The molecule has 1 unspecified atom stereocenters. The highest BCUT2D eigenvalue weighted by Crippen LogP contribution is 2.20. The van der Waals surface area contributed by atoms with Gasteiger partial charge in [-0.25, -0.2) is 0 Å². The average Bonchev–Trinajstić information content (AvgIpc) is 2.96. The third-order valence-corrected chi connectivity index (χ3v) is 4.12. The zero-order valence-electron chi connectivity index (χ0n) is 11.7. The first-order chi connectivity index (χ1) is 10.1. The van der Waals surface area contributed by atoms with E-state index in [1.54, 1.807) is 13.1 Å². The number of aromatic nitrogens is 2. The Morgan fingerprint density at radius 2 is 2.19 bits per heavy atom. The third kappa shape index (κ3) is 3.10. The molecule has 1 aromatic heterocycles. The van der Waals surface area contributed by atoms with Gasteiger partial charge in [-0.2, -0.15) is 5.10 Å². The fourth-order valence-electron chi connectivity index (χ4n) is 2.43. The molecule has 3 rings (SSSR count). The second-order valence-corrected chi connectivity index (χ2v) is 6.01. The number of carbonyl (C=O) groups is 1. The van der Waals surface area contributed by atoms with Crippen molar-refractivity contribution in [2.45, 2.75) is 26.0 Å². The Labute approximate surface area is 131 Å². The van der Waals surface area contributed by atoms with Crippen LogP contribution in [0.3, 0.4) is 0 Å². The highest BCUT2D eigenvalue weighted by molar-refractivity contribution is 9.10. The number of hydrogen-bond donors (Lipinski definition) is 1. The van der Waals surface area contributed by atoms with Gasteiger partial charge in [0.2, 0.25) is 0 Å². The van der Waals surface area contributed by atoms with E-state index >= 15 is 0 Å². The van der Waals surface area contributed by atoms with Crippen LogP contribution in [0.25, 0.3) is 0 Å². The van der Waals surface area contributed by atoms with E-state index in [-0.39, 0.29) is 5.91 Å². The highest BCUT2D eigenvalue weighted by Gasteiger charge is 2.26. The van der Waals surface area contributed by atoms with Crippen molar-refractivity contribution in [3.63, 3.8) is 0 Å². The molecule has 0 radical (unpaired) electrons. The van der Waals surface area contributed by atoms with E-state index < -0.39 is 6.10 Å². The molecule has 1 aromatic carbocycles. The summed E-state index contributed by atoms with van der Waals surface area (Å²) < 4.78 is 6.70. The largest absolute Gasteiger partial charge is 0.481 e. The summed E-state index contributed by atoms with van der Waals surface area (Å²) in [6.07, 6.45) is 2.10. The minimum atomic E-state index is -0.500. The summed E-state index contributed by atoms with van der Waals surface area (Å²) in [6.45, 7) is 3.08. The molecule has 0 spiro atoms. The fraction of sp³-hybridized carbons (Fsp3) is 0.333. The topological polar surface area (TPSA) is 58.2 Å². The van der Waals surface area contributed by atoms with Crippen LogP contribution in [0.5, 0.6) is 5.75 Å². The molecule has 1 N–H and O–H groups in total. The SMILES string of the molecule is CC(Oc1ccc(Br)cc1)C(=O)N1CCc2[nH]ncc2C1. The van der Waals surface area contributed by atoms with Crippen LogP contribution in [0.4, 0.5) is 0 Å². The lowest BCUT2D eigenvalue weighted by atomic mass is 10.1. The van der Waals surface area contributed by atoms with Gasteiger partial charge in [0.1, 0.15) is 5.75 Å². The normalized spacial score (nSPS) is 15.4. The van der Waals surface area contributed by atoms with Gasteiger partial charge < -0.3 is 9.64 Å². The third-order valence-electron chi connectivity index (χ3n) is 3.59. The first kappa shape index (κ1) is 14.1. The predicted molar refractivity (Wildman–Crippen MR) is 81.9 cm³/mol. The molecule has 110 valence electrons. The number of H-pyrrole nitrogens is 1. The maximum atomic E-state index is 12.5. The first-order valence-corrected chi connectivity index (χ1v) is 7.65. The molecule has 0 bridgehead atoms. The minimum absolute atomic E-state index is 0.00442. The number of carbonyl (C=O) groups excluding carboxylic acids is 1. The van der Waals surface area contributed by atoms with E-state index in [1.807, 2.05) is 29.2 Å². The lowest BCUT2D eigenvalue weighted by Crippen LogP contribution is -2.43. The zero-order chi connectivity index (χ0) is 14.8. The van der Waals surface area contributed by atoms with E-state index in [1.165, 1.54) is 0 Å². The van der Waals surface area contributed by atoms with Crippen molar-refractivity contribution in [3.05, 3.63) is 46.2 Å². The second kappa shape index (κ2) is 5.89. The van der Waals surface area contributed by atoms with Crippen LogP contribution in [-0.2, 0) is 17.8 Å². The van der Waals surface area contributed by atoms with Gasteiger partial charge in [-0.3, -0.25) is 9.89 Å². The quantitative estimate of drug-likeness (QED) is 0.926. The number of rotatable bonds is 3. The van der Waals surface area contributed by atoms with Gasteiger partial charge >= 0.3 is 0 Å². The van der Waals surface area contributed by atoms with Crippen molar-refractivity contribution in [2.24, 2.45) is 0 Å². The van der Waals surface area contributed by atoms with Crippen LogP contribution in [0.1, 0.15) is 18.2 Å². The van der Waals surface area contributed by atoms with Gasteiger partial charge in [-0.15, -0.1) is 0 Å². The van der Waals surface area contributed by atoms with Crippen LogP contribution in [0.15, 0.2) is 34.9 Å². The van der Waals surface area contributed by atoms with E-state index in [0.29, 0.717) is 18.8 Å². The highest BCUT2D eigenvalue weighted by atomic mass is 79.9. The summed E-state index contributed by atoms with van der Waals surface area (Å²) in [7, 11) is 0. The number of amides is 1. The number of benzene rings is 1. The van der Waals surface area contributed by atoms with Gasteiger partial charge in [0.15, 0.2) is 6.10 Å². The van der Waals surface area contributed by atoms with E-state index in [0.717, 1.165) is 22.2 Å². The first-order valence-electron chi connectivity index (χ1n) is 6.85. The summed E-state index contributed by atoms with van der Waals surface area (Å²) in [5.74, 6) is 0.699. The molecular weight excluding hydrogens is 334 g/mol. The molecular formula is C15H16BrN3O2. The summed E-state index contributed by atoms with van der Waals surface area (Å²) >= 11 is 3.38. The molecule has 0 saturated carbocycles. The lowest BCUT2D eigenvalue weighted by molar-refractivity contribution is -0.138. The lowest BCUT2D eigenvalue weighted by Gasteiger charge is -2.29. The number of hydrogen-bond acceptors (Lipinski definition) is 3. The van der Waals surface area contributed by atoms with Crippen LogP contribution in [0.2, 0.25) is 0 Å². The van der Waals surface area contributed by atoms with Crippen molar-refractivity contribution in [1.82, 2.24) is 15.1 Å². The Morgan fingerprint density at radius 1 is 1.43 bits per heavy atom. The molecule has 2 heterocycles. The maximum Gasteiger partial charge on any atom is 0.263 e. The number of aromatic amines is 1. The molecule has 21 heavy (non-hydrogen) atoms. The summed E-state index contributed by atoms with van der Waals surface area (Å²) in [5.41, 5.74) is 2.21. The number of nitrogens with one attached hydrogen (secondary N) is 1. The van der Waals surface area contributed by atoms with E-state index in [4.69, 9.17) is 4.74 Å². The standard InChI is InChI=1S/C15H16BrN3O2/c1-10(21-13-4-2-12(16)3-5-13)15(20)19-7-6-14-11(9-19)8-17-18-14/h2-5,8,10H,6-7,9H2,1H3,(H,17,18). The Balaban J connectivity index is 1.64. The van der Waals surface area contributed by atoms with E-state index in [2.05, 4.69) is 26.1 Å². The molecule has 1 aliphatic heterocycles. The Morgan fingerprint density at radius 3 is 2.95 bits per heavy atom. The van der Waals surface area contributed by atoms with Crippen LogP contribution in [0, 0.1) is 0 Å².